The summed E-state index contributed by atoms with van der Waals surface area (Å²) in [5, 5.41) is 6.05. The van der Waals surface area contributed by atoms with Crippen molar-refractivity contribution in [2.45, 2.75) is 6.42 Å². The predicted octanol–water partition coefficient (Wildman–Crippen LogP) is 5.83. The van der Waals surface area contributed by atoms with E-state index in [1.165, 1.54) is 11.3 Å². The second-order valence-corrected chi connectivity index (χ2v) is 7.38. The Morgan fingerprint density at radius 1 is 1.00 bits per heavy atom. The maximum atomic E-state index is 12.6. The van der Waals surface area contributed by atoms with Crippen molar-refractivity contribution >= 4 is 34.5 Å². The van der Waals surface area contributed by atoms with Crippen LogP contribution in [0.3, 0.4) is 0 Å². The number of benzene rings is 2. The molecule has 7 heteroatoms. The second-order valence-electron chi connectivity index (χ2n) is 6.11. The number of ether oxygens (including phenoxy) is 1. The summed E-state index contributed by atoms with van der Waals surface area (Å²) >= 11 is 7.63. The largest absolute Gasteiger partial charge is 0.454 e. The maximum Gasteiger partial charge on any atom is 0.230 e. The Labute approximate surface area is 177 Å². The van der Waals surface area contributed by atoms with E-state index in [1.54, 1.807) is 30.5 Å². The number of para-hydroxylation sites is 3. The Morgan fingerprint density at radius 3 is 2.55 bits per heavy atom. The topological polar surface area (TPSA) is 64.1 Å². The predicted molar refractivity (Wildman–Crippen MR) is 116 cm³/mol. The Balaban J connectivity index is 1.45. The normalized spacial score (nSPS) is 10.5. The van der Waals surface area contributed by atoms with E-state index in [-0.39, 0.29) is 12.3 Å². The number of aromatic nitrogens is 2. The van der Waals surface area contributed by atoms with Crippen LogP contribution < -0.4 is 10.1 Å². The van der Waals surface area contributed by atoms with Gasteiger partial charge in [-0.2, -0.15) is 0 Å². The molecule has 2 aromatic carbocycles. The summed E-state index contributed by atoms with van der Waals surface area (Å²) in [7, 11) is 0. The van der Waals surface area contributed by atoms with E-state index >= 15 is 0 Å². The van der Waals surface area contributed by atoms with E-state index in [0.29, 0.717) is 27.9 Å². The molecule has 0 radical (unpaired) electrons. The quantitative estimate of drug-likeness (QED) is 0.425. The highest BCUT2D eigenvalue weighted by Crippen LogP contribution is 2.33. The number of rotatable bonds is 6. The van der Waals surface area contributed by atoms with Gasteiger partial charge in [-0.25, -0.2) is 4.98 Å². The minimum Gasteiger partial charge on any atom is -0.454 e. The summed E-state index contributed by atoms with van der Waals surface area (Å²) in [5.74, 6) is 0.856. The fourth-order valence-electron chi connectivity index (χ4n) is 2.66. The number of thiazole rings is 1. The Morgan fingerprint density at radius 2 is 1.76 bits per heavy atom. The summed E-state index contributed by atoms with van der Waals surface area (Å²) in [6.45, 7) is 0. The first-order chi connectivity index (χ1) is 14.2. The average Bonchev–Trinajstić information content (AvgIpc) is 3.20. The van der Waals surface area contributed by atoms with Gasteiger partial charge in [-0.15, -0.1) is 11.3 Å². The number of carbonyl (C=O) groups is 1. The maximum absolute atomic E-state index is 12.6. The molecule has 0 bridgehead atoms. The van der Waals surface area contributed by atoms with Gasteiger partial charge < -0.3 is 10.1 Å². The number of nitrogens with one attached hydrogen (secondary N) is 1. The van der Waals surface area contributed by atoms with Crippen LogP contribution in [0.15, 0.2) is 78.3 Å². The zero-order valence-electron chi connectivity index (χ0n) is 15.2. The van der Waals surface area contributed by atoms with E-state index in [1.807, 2.05) is 47.8 Å². The van der Waals surface area contributed by atoms with Gasteiger partial charge in [0.2, 0.25) is 5.91 Å². The molecule has 0 atom stereocenters. The van der Waals surface area contributed by atoms with Crippen LogP contribution in [0.25, 0.3) is 10.7 Å². The zero-order chi connectivity index (χ0) is 20.1. The molecule has 1 amide bonds. The lowest BCUT2D eigenvalue weighted by Crippen LogP contribution is -2.15. The standard InChI is InChI=1S/C22H16ClN3O2S/c23-16-7-1-3-10-19(16)28-20-11-4-2-8-17(20)26-21(27)13-15-14-29-22(25-15)18-9-5-6-12-24-18/h1-12,14H,13H2,(H,26,27). The fraction of sp³-hybridized carbons (Fsp3) is 0.0455. The van der Waals surface area contributed by atoms with Crippen LogP contribution in [0, 0.1) is 0 Å². The van der Waals surface area contributed by atoms with E-state index < -0.39 is 0 Å². The first-order valence-electron chi connectivity index (χ1n) is 8.86. The third kappa shape index (κ3) is 4.80. The minimum atomic E-state index is -0.182. The molecule has 5 nitrogen and oxygen atoms in total. The van der Waals surface area contributed by atoms with Gasteiger partial charge in [-0.1, -0.05) is 41.9 Å². The molecule has 0 aliphatic heterocycles. The lowest BCUT2D eigenvalue weighted by Gasteiger charge is -2.12. The van der Waals surface area contributed by atoms with Crippen LogP contribution in [-0.2, 0) is 11.2 Å². The molecule has 0 saturated heterocycles. The van der Waals surface area contributed by atoms with E-state index in [0.717, 1.165) is 10.7 Å². The molecule has 0 saturated carbocycles. The van der Waals surface area contributed by atoms with Crippen molar-refractivity contribution in [2.24, 2.45) is 0 Å². The Kier molecular flexibility index (Phi) is 5.84. The van der Waals surface area contributed by atoms with E-state index in [2.05, 4.69) is 15.3 Å². The minimum absolute atomic E-state index is 0.157. The molecule has 0 aliphatic rings. The van der Waals surface area contributed by atoms with Gasteiger partial charge in [-0.05, 0) is 36.4 Å². The molecule has 4 rings (SSSR count). The molecule has 0 fully saturated rings. The summed E-state index contributed by atoms with van der Waals surface area (Å²) in [6, 6.07) is 20.1. The van der Waals surface area contributed by atoms with Crippen LogP contribution in [0.2, 0.25) is 5.02 Å². The molecule has 0 spiro atoms. The molecular formula is C22H16ClN3O2S. The molecule has 4 aromatic rings. The molecule has 0 unspecified atom stereocenters. The highest BCUT2D eigenvalue weighted by atomic mass is 35.5. The van der Waals surface area contributed by atoms with Gasteiger partial charge in [0, 0.05) is 11.6 Å². The van der Waals surface area contributed by atoms with Crippen molar-refractivity contribution in [3.8, 4) is 22.2 Å². The highest BCUT2D eigenvalue weighted by Gasteiger charge is 2.13. The molecule has 0 aliphatic carbocycles. The summed E-state index contributed by atoms with van der Waals surface area (Å²) in [5.41, 5.74) is 2.05. The van der Waals surface area contributed by atoms with Crippen LogP contribution >= 0.6 is 22.9 Å². The van der Waals surface area contributed by atoms with Crippen molar-refractivity contribution in [1.82, 2.24) is 9.97 Å². The highest BCUT2D eigenvalue weighted by molar-refractivity contribution is 7.13. The lowest BCUT2D eigenvalue weighted by atomic mass is 10.2. The summed E-state index contributed by atoms with van der Waals surface area (Å²) in [4.78, 5) is 21.4. The van der Waals surface area contributed by atoms with Crippen molar-refractivity contribution in [3.05, 3.63) is 89.0 Å². The number of carbonyl (C=O) groups excluding carboxylic acids is 1. The van der Waals surface area contributed by atoms with Crippen molar-refractivity contribution in [3.63, 3.8) is 0 Å². The second kappa shape index (κ2) is 8.86. The number of hydrogen-bond acceptors (Lipinski definition) is 5. The van der Waals surface area contributed by atoms with Crippen molar-refractivity contribution in [2.75, 3.05) is 5.32 Å². The molecular weight excluding hydrogens is 406 g/mol. The monoisotopic (exact) mass is 421 g/mol. The van der Waals surface area contributed by atoms with E-state index in [4.69, 9.17) is 16.3 Å². The number of hydrogen-bond donors (Lipinski definition) is 1. The smallest absolute Gasteiger partial charge is 0.230 e. The number of amides is 1. The first-order valence-corrected chi connectivity index (χ1v) is 10.1. The lowest BCUT2D eigenvalue weighted by molar-refractivity contribution is -0.115. The van der Waals surface area contributed by atoms with Gasteiger partial charge in [-0.3, -0.25) is 9.78 Å². The van der Waals surface area contributed by atoms with Gasteiger partial charge >= 0.3 is 0 Å². The molecule has 2 heterocycles. The van der Waals surface area contributed by atoms with Gasteiger partial charge in [0.1, 0.15) is 10.8 Å². The summed E-state index contributed by atoms with van der Waals surface area (Å²) in [6.07, 6.45) is 1.88. The average molecular weight is 422 g/mol. The number of anilines is 1. The van der Waals surface area contributed by atoms with Crippen molar-refractivity contribution in [1.29, 1.82) is 0 Å². The van der Waals surface area contributed by atoms with Gasteiger partial charge in [0.25, 0.3) is 0 Å². The number of nitrogens with zero attached hydrogens (tertiary/aromatic N) is 2. The molecule has 1 N–H and O–H groups in total. The van der Waals surface area contributed by atoms with Crippen LogP contribution in [0.4, 0.5) is 5.69 Å². The number of pyridine rings is 1. The van der Waals surface area contributed by atoms with Crippen LogP contribution in [0.5, 0.6) is 11.5 Å². The first kappa shape index (κ1) is 19.1. The summed E-state index contributed by atoms with van der Waals surface area (Å²) < 4.78 is 5.88. The van der Waals surface area contributed by atoms with Crippen LogP contribution in [0.1, 0.15) is 5.69 Å². The number of halogens is 1. The fourth-order valence-corrected chi connectivity index (χ4v) is 3.63. The third-order valence-corrected chi connectivity index (χ3v) is 5.22. The third-order valence-electron chi connectivity index (χ3n) is 4.00. The molecule has 144 valence electrons. The van der Waals surface area contributed by atoms with Crippen LogP contribution in [-0.4, -0.2) is 15.9 Å². The molecule has 2 aromatic heterocycles. The van der Waals surface area contributed by atoms with Gasteiger partial charge in [0.15, 0.2) is 5.75 Å². The SMILES string of the molecule is O=C(Cc1csc(-c2ccccn2)n1)Nc1ccccc1Oc1ccccc1Cl. The van der Waals surface area contributed by atoms with Crippen molar-refractivity contribution < 1.29 is 9.53 Å². The Bertz CT molecular complexity index is 1130. The molecule has 29 heavy (non-hydrogen) atoms. The van der Waals surface area contributed by atoms with E-state index in [9.17, 15) is 4.79 Å². The zero-order valence-corrected chi connectivity index (χ0v) is 16.8. The van der Waals surface area contributed by atoms with Gasteiger partial charge in [0.05, 0.1) is 28.5 Å². The Hall–Kier alpha value is -3.22.